The number of ether oxygens (including phenoxy) is 3. The molecule has 0 radical (unpaired) electrons. The third-order valence-corrected chi connectivity index (χ3v) is 8.38. The summed E-state index contributed by atoms with van der Waals surface area (Å²) in [4.78, 5) is 37.3. The summed E-state index contributed by atoms with van der Waals surface area (Å²) in [5, 5.41) is 10.3. The number of hydrogen-bond donors (Lipinski definition) is 3. The third-order valence-electron chi connectivity index (χ3n) is 8.38. The van der Waals surface area contributed by atoms with E-state index >= 15 is 0 Å². The molecule has 260 valence electrons. The molecule has 1 saturated heterocycles. The second-order valence-corrected chi connectivity index (χ2v) is 12.1. The topological polar surface area (TPSA) is 132 Å². The van der Waals surface area contributed by atoms with Gasteiger partial charge in [-0.05, 0) is 50.1 Å². The number of esters is 1. The quantitative estimate of drug-likeness (QED) is 0.138. The Labute approximate surface area is 289 Å². The maximum atomic E-state index is 13.7. The van der Waals surface area contributed by atoms with Crippen LogP contribution in [-0.4, -0.2) is 72.6 Å². The number of nitrogens with zero attached hydrogens (tertiary/aromatic N) is 4. The van der Waals surface area contributed by atoms with E-state index in [1.165, 1.54) is 24.7 Å². The van der Waals surface area contributed by atoms with Gasteiger partial charge in [0.15, 0.2) is 0 Å². The van der Waals surface area contributed by atoms with E-state index in [9.17, 15) is 14.0 Å². The lowest BCUT2D eigenvalue weighted by molar-refractivity contribution is 0.0378. The Bertz CT molecular complexity index is 2010. The van der Waals surface area contributed by atoms with Crippen molar-refractivity contribution in [2.75, 3.05) is 55.5 Å². The smallest absolute Gasteiger partial charge is 0.342 e. The maximum Gasteiger partial charge on any atom is 0.342 e. The lowest BCUT2D eigenvalue weighted by Crippen LogP contribution is -2.37. The first-order chi connectivity index (χ1) is 24.2. The van der Waals surface area contributed by atoms with E-state index in [0.29, 0.717) is 73.5 Å². The normalized spacial score (nSPS) is 13.0. The van der Waals surface area contributed by atoms with Crippen LogP contribution in [0.3, 0.4) is 0 Å². The Hall–Kier alpha value is -5.69. The molecule has 5 aromatic rings. The number of para-hydroxylation sites is 1. The van der Waals surface area contributed by atoms with Crippen LogP contribution in [0, 0.1) is 5.82 Å². The predicted octanol–water partition coefficient (Wildman–Crippen LogP) is 6.29. The van der Waals surface area contributed by atoms with Gasteiger partial charge in [-0.1, -0.05) is 30.3 Å². The summed E-state index contributed by atoms with van der Waals surface area (Å²) in [6.07, 6.45) is 3.00. The first-order valence-electron chi connectivity index (χ1n) is 16.4. The van der Waals surface area contributed by atoms with Crippen LogP contribution < -0.4 is 25.6 Å². The molecule has 12 nitrogen and oxygen atoms in total. The zero-order valence-corrected chi connectivity index (χ0v) is 28.5. The number of hydrogen-bond acceptors (Lipinski definition) is 9. The molecular formula is C37H40FN7O5. The van der Waals surface area contributed by atoms with Gasteiger partial charge < -0.3 is 39.6 Å². The molecule has 2 aromatic heterocycles. The number of aryl methyl sites for hydroxylation is 1. The molecule has 0 spiro atoms. The molecule has 0 atom stereocenters. The van der Waals surface area contributed by atoms with Gasteiger partial charge in [-0.3, -0.25) is 0 Å². The molecule has 50 heavy (non-hydrogen) atoms. The molecular weight excluding hydrogens is 641 g/mol. The molecule has 3 aromatic carbocycles. The van der Waals surface area contributed by atoms with Crippen molar-refractivity contribution in [3.63, 3.8) is 0 Å². The highest BCUT2D eigenvalue weighted by molar-refractivity contribution is 6.08. The van der Waals surface area contributed by atoms with E-state index in [1.54, 1.807) is 27.0 Å². The Balaban J connectivity index is 1.39. The van der Waals surface area contributed by atoms with Crippen LogP contribution in [0.5, 0.6) is 5.75 Å². The average Bonchev–Trinajstić information content (AvgIpc) is 3.39. The summed E-state index contributed by atoms with van der Waals surface area (Å²) in [5.41, 5.74) is 4.86. The molecule has 6 rings (SSSR count). The summed E-state index contributed by atoms with van der Waals surface area (Å²) < 4.78 is 32.7. The van der Waals surface area contributed by atoms with Crippen LogP contribution in [0.1, 0.15) is 29.8 Å². The van der Waals surface area contributed by atoms with E-state index in [1.807, 2.05) is 54.1 Å². The molecule has 1 aliphatic heterocycles. The van der Waals surface area contributed by atoms with Crippen molar-refractivity contribution in [1.29, 1.82) is 0 Å². The van der Waals surface area contributed by atoms with Crippen molar-refractivity contribution >= 4 is 45.8 Å². The molecule has 1 fully saturated rings. The number of carbonyl (C=O) groups excluding carboxylic acids is 2. The monoisotopic (exact) mass is 681 g/mol. The van der Waals surface area contributed by atoms with E-state index < -0.39 is 12.0 Å². The summed E-state index contributed by atoms with van der Waals surface area (Å²) in [7, 11) is 3.50. The molecule has 0 aliphatic carbocycles. The Kier molecular flexibility index (Phi) is 10.4. The van der Waals surface area contributed by atoms with Gasteiger partial charge in [-0.2, -0.15) is 0 Å². The van der Waals surface area contributed by atoms with Gasteiger partial charge in [0.25, 0.3) is 0 Å². The molecule has 0 bridgehead atoms. The number of fused-ring (bicyclic) bond motifs is 1. The van der Waals surface area contributed by atoms with E-state index in [0.717, 1.165) is 22.2 Å². The van der Waals surface area contributed by atoms with Gasteiger partial charge in [0.05, 0.1) is 60.3 Å². The lowest BCUT2D eigenvalue weighted by Gasteiger charge is -2.31. The van der Waals surface area contributed by atoms with Crippen molar-refractivity contribution in [2.24, 2.45) is 7.05 Å². The Morgan fingerprint density at radius 1 is 1.04 bits per heavy atom. The van der Waals surface area contributed by atoms with Gasteiger partial charge in [-0.15, -0.1) is 0 Å². The second-order valence-electron chi connectivity index (χ2n) is 12.1. The second kappa shape index (κ2) is 15.2. The van der Waals surface area contributed by atoms with Gasteiger partial charge >= 0.3 is 12.0 Å². The van der Waals surface area contributed by atoms with Crippen LogP contribution in [0.2, 0.25) is 0 Å². The molecule has 2 amide bonds. The summed E-state index contributed by atoms with van der Waals surface area (Å²) in [5.74, 6) is 0.311. The number of amides is 2. The van der Waals surface area contributed by atoms with Crippen LogP contribution in [0.4, 0.5) is 32.1 Å². The highest BCUT2D eigenvalue weighted by Crippen LogP contribution is 2.44. The average molecular weight is 682 g/mol. The number of methoxy groups -OCH3 is 1. The zero-order valence-electron chi connectivity index (χ0n) is 28.5. The van der Waals surface area contributed by atoms with E-state index in [2.05, 4.69) is 30.8 Å². The predicted molar refractivity (Wildman–Crippen MR) is 191 cm³/mol. The van der Waals surface area contributed by atoms with Crippen LogP contribution >= 0.6 is 0 Å². The lowest BCUT2D eigenvalue weighted by atomic mass is 10.0. The SMILES string of the molecule is COc1cc(N2CCOCC2)c(NC(=O)NCCc2cccc(F)c2)cc1Nc1c(-c2ncncc2C(=O)OC(C)C)c2ccccc2n1C. The van der Waals surface area contributed by atoms with Gasteiger partial charge in [-0.25, -0.2) is 23.9 Å². The molecule has 0 unspecified atom stereocenters. The molecule has 3 heterocycles. The molecule has 3 N–H and O–H groups in total. The number of benzene rings is 3. The minimum Gasteiger partial charge on any atom is -0.494 e. The Morgan fingerprint density at radius 2 is 1.84 bits per heavy atom. The number of morpholine rings is 1. The zero-order chi connectivity index (χ0) is 35.2. The summed E-state index contributed by atoms with van der Waals surface area (Å²) in [6, 6.07) is 17.4. The number of halogens is 1. The van der Waals surface area contributed by atoms with Crippen molar-refractivity contribution in [1.82, 2.24) is 19.9 Å². The van der Waals surface area contributed by atoms with Crippen molar-refractivity contribution in [3.8, 4) is 17.0 Å². The molecule has 0 saturated carbocycles. The first-order valence-corrected chi connectivity index (χ1v) is 16.4. The standard InChI is InChI=1S/C37H40FN7O5/c1-23(2)50-36(46)27-21-39-22-41-34(27)33-26-10-5-6-11-30(26)44(3)35(33)42-29-19-28(31(20-32(29)48-4)45-14-16-49-17-15-45)43-37(47)40-13-12-24-8-7-9-25(38)18-24/h5-11,18-23,42H,12-17H2,1-4H3,(H2,40,43,47). The minimum absolute atomic E-state index is 0.229. The molecule has 1 aliphatic rings. The van der Waals surface area contributed by atoms with Gasteiger partial charge in [0, 0.05) is 44.3 Å². The van der Waals surface area contributed by atoms with Crippen molar-refractivity contribution in [2.45, 2.75) is 26.4 Å². The number of rotatable bonds is 11. The number of carbonyl (C=O) groups is 2. The van der Waals surface area contributed by atoms with E-state index in [-0.39, 0.29) is 17.5 Å². The van der Waals surface area contributed by atoms with Crippen molar-refractivity contribution in [3.05, 3.63) is 90.1 Å². The van der Waals surface area contributed by atoms with E-state index in [4.69, 9.17) is 14.2 Å². The van der Waals surface area contributed by atoms with Crippen LogP contribution in [0.25, 0.3) is 22.2 Å². The fraction of sp³-hybridized carbons (Fsp3) is 0.297. The summed E-state index contributed by atoms with van der Waals surface area (Å²) >= 11 is 0. The van der Waals surface area contributed by atoms with Gasteiger partial charge in [0.2, 0.25) is 0 Å². The Morgan fingerprint density at radius 3 is 2.60 bits per heavy atom. The number of urea groups is 1. The highest BCUT2D eigenvalue weighted by atomic mass is 19.1. The maximum absolute atomic E-state index is 13.7. The minimum atomic E-state index is -0.531. The van der Waals surface area contributed by atoms with Crippen LogP contribution in [0.15, 0.2) is 73.2 Å². The van der Waals surface area contributed by atoms with Gasteiger partial charge in [0.1, 0.15) is 29.3 Å². The fourth-order valence-electron chi connectivity index (χ4n) is 6.04. The highest BCUT2D eigenvalue weighted by Gasteiger charge is 2.26. The number of aromatic nitrogens is 3. The third kappa shape index (κ3) is 7.47. The number of anilines is 4. The summed E-state index contributed by atoms with van der Waals surface area (Å²) in [6.45, 7) is 6.22. The largest absolute Gasteiger partial charge is 0.494 e. The first kappa shape index (κ1) is 34.2. The number of nitrogens with one attached hydrogen (secondary N) is 3. The fourth-order valence-corrected chi connectivity index (χ4v) is 6.04. The molecule has 13 heteroatoms. The van der Waals surface area contributed by atoms with Crippen LogP contribution in [-0.2, 0) is 22.9 Å². The van der Waals surface area contributed by atoms with Crippen molar-refractivity contribution < 1.29 is 28.2 Å².